The molecule has 0 aliphatic carbocycles. The van der Waals surface area contributed by atoms with E-state index in [0.717, 1.165) is 25.1 Å². The van der Waals surface area contributed by atoms with Gasteiger partial charge in [-0.2, -0.15) is 0 Å². The third-order valence-corrected chi connectivity index (χ3v) is 6.02. The Balaban J connectivity index is 2.11. The quantitative estimate of drug-likeness (QED) is 0.632. The molecule has 0 saturated carbocycles. The molecule has 0 unspecified atom stereocenters. The zero-order valence-electron chi connectivity index (χ0n) is 20.2. The number of hydrogen-bond donors (Lipinski definition) is 2. The molecule has 1 aliphatic rings. The van der Waals surface area contributed by atoms with E-state index in [9.17, 15) is 22.8 Å². The Bertz CT molecular complexity index is 1110. The van der Waals surface area contributed by atoms with Crippen LogP contribution in [0, 0.1) is 5.41 Å². The Labute approximate surface area is 206 Å². The molecule has 0 radical (unpaired) electrons. The van der Waals surface area contributed by atoms with E-state index in [2.05, 4.69) is 20.4 Å². The van der Waals surface area contributed by atoms with Gasteiger partial charge in [0.25, 0.3) is 5.91 Å². The first-order valence-electron chi connectivity index (χ1n) is 11.1. The van der Waals surface area contributed by atoms with Crippen molar-refractivity contribution in [3.8, 4) is 17.1 Å². The maximum atomic E-state index is 13.4. The van der Waals surface area contributed by atoms with Crippen LogP contribution in [0.1, 0.15) is 43.4 Å². The number of rotatable bonds is 5. The van der Waals surface area contributed by atoms with E-state index in [1.54, 1.807) is 4.57 Å². The van der Waals surface area contributed by atoms with Gasteiger partial charge in [-0.25, -0.2) is 4.98 Å². The summed E-state index contributed by atoms with van der Waals surface area (Å²) in [4.78, 5) is 32.4. The van der Waals surface area contributed by atoms with Gasteiger partial charge >= 0.3 is 6.36 Å². The molecule has 192 valence electrons. The molecule has 0 bridgehead atoms. The van der Waals surface area contributed by atoms with Gasteiger partial charge in [0.2, 0.25) is 5.91 Å². The van der Waals surface area contributed by atoms with Crippen molar-refractivity contribution in [2.75, 3.05) is 20.6 Å². The first kappa shape index (κ1) is 26.8. The van der Waals surface area contributed by atoms with Gasteiger partial charge in [-0.15, -0.1) is 13.2 Å². The van der Waals surface area contributed by atoms with E-state index in [1.807, 2.05) is 32.7 Å². The van der Waals surface area contributed by atoms with Crippen LogP contribution in [0.4, 0.5) is 13.2 Å². The van der Waals surface area contributed by atoms with E-state index >= 15 is 0 Å². The second kappa shape index (κ2) is 10.1. The largest absolute Gasteiger partial charge is 0.573 e. The fourth-order valence-corrected chi connectivity index (χ4v) is 4.20. The number of hydrogen-bond acceptors (Lipinski definition) is 5. The number of alkyl halides is 3. The molecular formula is C23H29ClF3N5O3. The molecule has 2 amide bonds. The van der Waals surface area contributed by atoms with Crippen molar-refractivity contribution in [1.29, 1.82) is 0 Å². The minimum absolute atomic E-state index is 0.0881. The number of aromatic nitrogens is 2. The van der Waals surface area contributed by atoms with Crippen molar-refractivity contribution in [1.82, 2.24) is 25.1 Å². The SMILES string of the molecule is CNC(=O)[C@@H](NC(=O)c1nc(-c2cc(OC(F)(F)F)ccc2Cl)n2c1CN(C)CCC2)C(C)(C)C. The van der Waals surface area contributed by atoms with Crippen LogP contribution in [-0.4, -0.2) is 59.3 Å². The molecule has 8 nitrogen and oxygen atoms in total. The van der Waals surface area contributed by atoms with Crippen LogP contribution in [0.25, 0.3) is 11.4 Å². The normalized spacial score (nSPS) is 15.7. The van der Waals surface area contributed by atoms with Gasteiger partial charge in [0.05, 0.1) is 10.7 Å². The lowest BCUT2D eigenvalue weighted by atomic mass is 9.86. The van der Waals surface area contributed by atoms with Crippen molar-refractivity contribution in [3.63, 3.8) is 0 Å². The summed E-state index contributed by atoms with van der Waals surface area (Å²) < 4.78 is 44.3. The van der Waals surface area contributed by atoms with E-state index in [4.69, 9.17) is 11.6 Å². The van der Waals surface area contributed by atoms with Crippen LogP contribution >= 0.6 is 11.6 Å². The van der Waals surface area contributed by atoms with Gasteiger partial charge in [-0.3, -0.25) is 9.59 Å². The number of nitrogens with zero attached hydrogens (tertiary/aromatic N) is 3. The molecule has 1 aromatic carbocycles. The highest BCUT2D eigenvalue weighted by atomic mass is 35.5. The molecule has 3 rings (SSSR count). The van der Waals surface area contributed by atoms with Crippen LogP contribution in [0.3, 0.4) is 0 Å². The number of fused-ring (bicyclic) bond motifs is 1. The highest BCUT2D eigenvalue weighted by molar-refractivity contribution is 6.33. The van der Waals surface area contributed by atoms with Gasteiger partial charge in [-0.05, 0) is 43.6 Å². The van der Waals surface area contributed by atoms with Crippen LogP contribution in [0.5, 0.6) is 5.75 Å². The Morgan fingerprint density at radius 2 is 1.89 bits per heavy atom. The highest BCUT2D eigenvalue weighted by Crippen LogP contribution is 2.35. The third-order valence-electron chi connectivity index (χ3n) is 5.69. The van der Waals surface area contributed by atoms with Gasteiger partial charge in [0.15, 0.2) is 5.69 Å². The van der Waals surface area contributed by atoms with Crippen molar-refractivity contribution in [2.24, 2.45) is 5.41 Å². The molecule has 12 heteroatoms. The molecule has 35 heavy (non-hydrogen) atoms. The molecule has 0 spiro atoms. The monoisotopic (exact) mass is 515 g/mol. The zero-order valence-corrected chi connectivity index (χ0v) is 21.0. The summed E-state index contributed by atoms with van der Waals surface area (Å²) in [6.45, 7) is 7.08. The number of carbonyl (C=O) groups excluding carboxylic acids is 2. The predicted octanol–water partition coefficient (Wildman–Crippen LogP) is 3.83. The lowest BCUT2D eigenvalue weighted by molar-refractivity contribution is -0.274. The summed E-state index contributed by atoms with van der Waals surface area (Å²) in [5.41, 5.74) is 0.292. The van der Waals surface area contributed by atoms with Gasteiger partial charge in [0, 0.05) is 25.7 Å². The lowest BCUT2D eigenvalue weighted by Gasteiger charge is -2.29. The van der Waals surface area contributed by atoms with Crippen LogP contribution in [0.2, 0.25) is 5.02 Å². The Morgan fingerprint density at radius 1 is 1.20 bits per heavy atom. The van der Waals surface area contributed by atoms with E-state index in [-0.39, 0.29) is 28.0 Å². The fraction of sp³-hybridized carbons (Fsp3) is 0.522. The molecule has 0 saturated heterocycles. The Hall–Kier alpha value is -2.79. The summed E-state index contributed by atoms with van der Waals surface area (Å²) in [6, 6.07) is 2.73. The smallest absolute Gasteiger partial charge is 0.406 e. The molecule has 2 N–H and O–H groups in total. The van der Waals surface area contributed by atoms with Gasteiger partial charge in [0.1, 0.15) is 17.6 Å². The topological polar surface area (TPSA) is 88.5 Å². The minimum atomic E-state index is -4.87. The maximum absolute atomic E-state index is 13.4. The standard InChI is InChI=1S/C23H29ClF3N5O3/c1-22(2,3)18(21(34)28-4)30-20(33)17-16-12-31(5)9-6-10-32(16)19(29-17)14-11-13(7-8-15(14)24)35-23(25,26)27/h7-8,11,18H,6,9-10,12H2,1-5H3,(H,28,34)(H,30,33)/t18-/m1/s1. The zero-order chi connectivity index (χ0) is 26.1. The average molecular weight is 516 g/mol. The third kappa shape index (κ3) is 6.26. The lowest BCUT2D eigenvalue weighted by Crippen LogP contribution is -2.53. The van der Waals surface area contributed by atoms with Crippen molar-refractivity contribution < 1.29 is 27.5 Å². The number of nitrogens with one attached hydrogen (secondary N) is 2. The molecule has 1 aromatic heterocycles. The number of imidazole rings is 1. The molecule has 0 fully saturated rings. The highest BCUT2D eigenvalue weighted by Gasteiger charge is 2.35. The second-order valence-corrected chi connectivity index (χ2v) is 9.96. The summed E-state index contributed by atoms with van der Waals surface area (Å²) in [5.74, 6) is -1.10. The van der Waals surface area contributed by atoms with Gasteiger partial charge < -0.3 is 24.8 Å². The Morgan fingerprint density at radius 3 is 2.49 bits per heavy atom. The second-order valence-electron chi connectivity index (χ2n) is 9.55. The van der Waals surface area contributed by atoms with Crippen LogP contribution < -0.4 is 15.4 Å². The van der Waals surface area contributed by atoms with E-state index in [0.29, 0.717) is 18.8 Å². The summed E-state index contributed by atoms with van der Waals surface area (Å²) in [6.07, 6.45) is -4.14. The van der Waals surface area contributed by atoms with Gasteiger partial charge in [-0.1, -0.05) is 32.4 Å². The molecular weight excluding hydrogens is 487 g/mol. The summed E-state index contributed by atoms with van der Waals surface area (Å²) in [5, 5.41) is 5.50. The van der Waals surface area contributed by atoms with Crippen molar-refractivity contribution in [3.05, 3.63) is 34.6 Å². The fourth-order valence-electron chi connectivity index (χ4n) is 4.00. The Kier molecular flexibility index (Phi) is 7.71. The molecule has 2 heterocycles. The summed E-state index contributed by atoms with van der Waals surface area (Å²) >= 11 is 6.35. The predicted molar refractivity (Wildman–Crippen MR) is 125 cm³/mol. The molecule has 1 aliphatic heterocycles. The number of likely N-dealkylation sites (N-methyl/N-ethyl adjacent to an activating group) is 1. The number of halogens is 4. The summed E-state index contributed by atoms with van der Waals surface area (Å²) in [7, 11) is 3.39. The number of ether oxygens (including phenoxy) is 1. The minimum Gasteiger partial charge on any atom is -0.406 e. The number of amides is 2. The van der Waals surface area contributed by atoms with E-state index in [1.165, 1.54) is 13.1 Å². The van der Waals surface area contributed by atoms with Crippen LogP contribution in [-0.2, 0) is 17.9 Å². The molecule has 1 atom stereocenters. The molecule has 2 aromatic rings. The van der Waals surface area contributed by atoms with Crippen molar-refractivity contribution in [2.45, 2.75) is 52.7 Å². The first-order chi connectivity index (χ1) is 16.2. The maximum Gasteiger partial charge on any atom is 0.573 e. The first-order valence-corrected chi connectivity index (χ1v) is 11.4. The number of carbonyl (C=O) groups is 2. The van der Waals surface area contributed by atoms with Crippen LogP contribution in [0.15, 0.2) is 18.2 Å². The van der Waals surface area contributed by atoms with Crippen molar-refractivity contribution >= 4 is 23.4 Å². The average Bonchev–Trinajstić information content (AvgIpc) is 2.97. The number of benzene rings is 1. The van der Waals surface area contributed by atoms with E-state index < -0.39 is 29.5 Å².